The number of hydrogen-bond donors (Lipinski definition) is 0. The van der Waals surface area contributed by atoms with Crippen molar-refractivity contribution in [2.24, 2.45) is 0 Å². The van der Waals surface area contributed by atoms with Gasteiger partial charge in [-0.3, -0.25) is 0 Å². The zero-order chi connectivity index (χ0) is 15.5. The van der Waals surface area contributed by atoms with Crippen molar-refractivity contribution in [1.82, 2.24) is 0 Å². The molecule has 0 aliphatic rings. The van der Waals surface area contributed by atoms with Gasteiger partial charge in [0.2, 0.25) is 0 Å². The molecule has 0 spiro atoms. The quantitative estimate of drug-likeness (QED) is 0.504. The van der Waals surface area contributed by atoms with Gasteiger partial charge >= 0.3 is 5.63 Å². The van der Waals surface area contributed by atoms with Crippen LogP contribution in [0.5, 0.6) is 0 Å². The molecule has 0 amide bonds. The first-order valence-electron chi connectivity index (χ1n) is 6.46. The summed E-state index contributed by atoms with van der Waals surface area (Å²) >= 11 is 8.28. The van der Waals surface area contributed by atoms with Crippen LogP contribution in [0.3, 0.4) is 0 Å². The fourth-order valence-corrected chi connectivity index (χ4v) is 3.65. The molecule has 1 heterocycles. The van der Waals surface area contributed by atoms with Crippen LogP contribution in [0.4, 0.5) is 0 Å². The van der Waals surface area contributed by atoms with E-state index in [0.717, 1.165) is 19.8 Å². The summed E-state index contributed by atoms with van der Waals surface area (Å²) in [5, 5.41) is 0. The lowest BCUT2D eigenvalue weighted by Crippen LogP contribution is -2.02. The third-order valence-electron chi connectivity index (χ3n) is 2.94. The van der Waals surface area contributed by atoms with E-state index in [0.29, 0.717) is 10.2 Å². The van der Waals surface area contributed by atoms with Crippen molar-refractivity contribution in [1.29, 1.82) is 0 Å². The molecule has 0 aliphatic heterocycles. The molecule has 0 atom stereocenters. The van der Waals surface area contributed by atoms with Crippen LogP contribution in [0.15, 0.2) is 88.6 Å². The molecule has 3 rings (SSSR count). The molecule has 0 bridgehead atoms. The Balaban J connectivity index is 2.06. The molecule has 0 unspecified atom stereocenters. The van der Waals surface area contributed by atoms with E-state index in [1.54, 1.807) is 0 Å². The average molecular weight is 438 g/mol. The predicted molar refractivity (Wildman–Crippen MR) is 96.4 cm³/mol. The van der Waals surface area contributed by atoms with Gasteiger partial charge in [0.25, 0.3) is 0 Å². The number of hydrogen-bond acceptors (Lipinski definition) is 3. The van der Waals surface area contributed by atoms with Crippen molar-refractivity contribution in [2.75, 3.05) is 0 Å². The highest BCUT2D eigenvalue weighted by molar-refractivity contribution is 9.10. The van der Waals surface area contributed by atoms with Crippen molar-refractivity contribution in [3.63, 3.8) is 0 Å². The largest absolute Gasteiger partial charge is 0.422 e. The Morgan fingerprint density at radius 1 is 0.909 bits per heavy atom. The molecule has 0 saturated heterocycles. The Morgan fingerprint density at radius 2 is 1.68 bits per heavy atom. The third-order valence-corrected chi connectivity index (χ3v) is 5.50. The molecule has 0 aliphatic carbocycles. The summed E-state index contributed by atoms with van der Waals surface area (Å²) in [5.41, 5.74) is 0.477. The molecule has 1 aromatic heterocycles. The minimum atomic E-state index is -0.379. The van der Waals surface area contributed by atoms with Gasteiger partial charge < -0.3 is 4.42 Å². The van der Waals surface area contributed by atoms with Crippen LogP contribution in [0, 0.1) is 0 Å². The van der Waals surface area contributed by atoms with Crippen LogP contribution in [0.1, 0.15) is 0 Å². The van der Waals surface area contributed by atoms with Gasteiger partial charge in [-0.25, -0.2) is 4.79 Å². The van der Waals surface area contributed by atoms with Gasteiger partial charge in [-0.05, 0) is 46.3 Å². The van der Waals surface area contributed by atoms with Crippen LogP contribution in [-0.4, -0.2) is 0 Å². The van der Waals surface area contributed by atoms with Gasteiger partial charge in [-0.2, -0.15) is 0 Å². The molecule has 2 nitrogen and oxygen atoms in total. The van der Waals surface area contributed by atoms with Gasteiger partial charge in [-0.1, -0.05) is 58.0 Å². The predicted octanol–water partition coefficient (Wildman–Crippen LogP) is 5.98. The van der Waals surface area contributed by atoms with E-state index in [4.69, 9.17) is 4.42 Å². The van der Waals surface area contributed by atoms with Crippen molar-refractivity contribution in [3.05, 3.63) is 80.0 Å². The second-order valence-electron chi connectivity index (χ2n) is 4.50. The number of benzene rings is 2. The Morgan fingerprint density at radius 3 is 2.41 bits per heavy atom. The number of halogens is 2. The first kappa shape index (κ1) is 15.6. The van der Waals surface area contributed by atoms with Crippen molar-refractivity contribution < 1.29 is 4.42 Å². The molecule has 0 fully saturated rings. The lowest BCUT2D eigenvalue weighted by Gasteiger charge is -2.07. The molecule has 0 radical (unpaired) electrons. The van der Waals surface area contributed by atoms with Crippen molar-refractivity contribution in [2.45, 2.75) is 9.79 Å². The molecular weight excluding hydrogens is 428 g/mol. The zero-order valence-corrected chi connectivity index (χ0v) is 15.2. The van der Waals surface area contributed by atoms with E-state index < -0.39 is 0 Å². The molecule has 2 aromatic carbocycles. The topological polar surface area (TPSA) is 30.2 Å². The minimum absolute atomic E-state index is 0.379. The van der Waals surface area contributed by atoms with Gasteiger partial charge in [0.05, 0.1) is 0 Å². The van der Waals surface area contributed by atoms with Crippen LogP contribution in [0.25, 0.3) is 11.3 Å². The first-order valence-corrected chi connectivity index (χ1v) is 8.86. The fraction of sp³-hybridized carbons (Fsp3) is 0. The normalized spacial score (nSPS) is 10.6. The first-order chi connectivity index (χ1) is 10.6. The van der Waals surface area contributed by atoms with Crippen LogP contribution < -0.4 is 5.63 Å². The van der Waals surface area contributed by atoms with E-state index >= 15 is 0 Å². The SMILES string of the molecule is O=c1oc(-c2cccc(Br)c2)cc(Sc2ccccc2)c1Br. The summed E-state index contributed by atoms with van der Waals surface area (Å²) < 4.78 is 6.77. The second-order valence-corrected chi connectivity index (χ2v) is 7.33. The van der Waals surface area contributed by atoms with Crippen molar-refractivity contribution >= 4 is 43.6 Å². The van der Waals surface area contributed by atoms with Gasteiger partial charge in [0.1, 0.15) is 10.2 Å². The van der Waals surface area contributed by atoms with E-state index in [-0.39, 0.29) is 5.63 Å². The van der Waals surface area contributed by atoms with E-state index in [1.165, 1.54) is 11.8 Å². The molecule has 0 N–H and O–H groups in total. The zero-order valence-electron chi connectivity index (χ0n) is 11.3. The maximum atomic E-state index is 12.1. The standard InChI is InChI=1S/C17H10Br2O2S/c18-12-6-4-5-11(9-12)14-10-15(16(19)17(20)21-14)22-13-7-2-1-3-8-13/h1-10H. The summed E-state index contributed by atoms with van der Waals surface area (Å²) in [4.78, 5) is 14.0. The average Bonchev–Trinajstić information content (AvgIpc) is 2.52. The maximum absolute atomic E-state index is 12.1. The van der Waals surface area contributed by atoms with E-state index in [2.05, 4.69) is 31.9 Å². The fourth-order valence-electron chi connectivity index (χ4n) is 1.93. The van der Waals surface area contributed by atoms with Gasteiger partial charge in [-0.15, -0.1) is 0 Å². The van der Waals surface area contributed by atoms with Crippen LogP contribution >= 0.6 is 43.6 Å². The molecular formula is C17H10Br2O2S. The third kappa shape index (κ3) is 3.54. The molecule has 5 heteroatoms. The van der Waals surface area contributed by atoms with E-state index in [9.17, 15) is 4.79 Å². The lowest BCUT2D eigenvalue weighted by atomic mass is 10.2. The summed E-state index contributed by atoms with van der Waals surface area (Å²) in [6, 6.07) is 19.5. The molecule has 22 heavy (non-hydrogen) atoms. The smallest absolute Gasteiger partial charge is 0.351 e. The highest BCUT2D eigenvalue weighted by atomic mass is 79.9. The summed E-state index contributed by atoms with van der Waals surface area (Å²) in [6.45, 7) is 0. The summed E-state index contributed by atoms with van der Waals surface area (Å²) in [5.74, 6) is 0.549. The minimum Gasteiger partial charge on any atom is -0.422 e. The second kappa shape index (κ2) is 6.86. The molecule has 3 aromatic rings. The van der Waals surface area contributed by atoms with Crippen LogP contribution in [-0.2, 0) is 0 Å². The molecule has 110 valence electrons. The lowest BCUT2D eigenvalue weighted by molar-refractivity contribution is 0.516. The van der Waals surface area contributed by atoms with Gasteiger partial charge in [0, 0.05) is 19.8 Å². The van der Waals surface area contributed by atoms with Crippen molar-refractivity contribution in [3.8, 4) is 11.3 Å². The maximum Gasteiger partial charge on any atom is 0.351 e. The molecule has 0 saturated carbocycles. The Bertz CT molecular complexity index is 860. The van der Waals surface area contributed by atoms with E-state index in [1.807, 2.05) is 60.7 Å². The highest BCUT2D eigenvalue weighted by Gasteiger charge is 2.12. The number of rotatable bonds is 3. The Labute approximate surface area is 148 Å². The summed E-state index contributed by atoms with van der Waals surface area (Å²) in [7, 11) is 0. The monoisotopic (exact) mass is 436 g/mol. The van der Waals surface area contributed by atoms with Gasteiger partial charge in [0.15, 0.2) is 0 Å². The summed E-state index contributed by atoms with van der Waals surface area (Å²) in [6.07, 6.45) is 0. The van der Waals surface area contributed by atoms with Crippen LogP contribution in [0.2, 0.25) is 0 Å². The highest BCUT2D eigenvalue weighted by Crippen LogP contribution is 2.34. The Kier molecular flexibility index (Phi) is 4.86. The Hall–Kier alpha value is -1.30.